The second-order valence-electron chi connectivity index (χ2n) is 5.26. The summed E-state index contributed by atoms with van der Waals surface area (Å²) in [5, 5.41) is 10.5. The molecule has 19 heavy (non-hydrogen) atoms. The Bertz CT molecular complexity index is 462. The van der Waals surface area contributed by atoms with E-state index < -0.39 is 10.8 Å². The minimum Gasteiger partial charge on any atom is -0.293 e. The highest BCUT2D eigenvalue weighted by atomic mass is 19.3. The van der Waals surface area contributed by atoms with Crippen LogP contribution in [0.15, 0.2) is 24.3 Å². The summed E-state index contributed by atoms with van der Waals surface area (Å²) in [4.78, 5) is 11.8. The van der Waals surface area contributed by atoms with Crippen molar-refractivity contribution in [2.75, 3.05) is 13.1 Å². The third kappa shape index (κ3) is 3.70. The van der Waals surface area contributed by atoms with E-state index in [1.54, 1.807) is 17.0 Å². The number of likely N-dealkylation sites (tertiary alicyclic amines) is 1. The summed E-state index contributed by atoms with van der Waals surface area (Å²) in [6.07, 6.45) is -0.0657. The molecule has 4 nitrogen and oxygen atoms in total. The van der Waals surface area contributed by atoms with Crippen LogP contribution in [0.4, 0.5) is 14.5 Å². The molecule has 1 aromatic rings. The van der Waals surface area contributed by atoms with Crippen LogP contribution < -0.4 is 0 Å². The van der Waals surface area contributed by atoms with Gasteiger partial charge in [-0.25, -0.2) is 8.78 Å². The number of piperidine rings is 1. The highest BCUT2D eigenvalue weighted by Gasteiger charge is 2.38. The number of hydrogen-bond donors (Lipinski definition) is 0. The first kappa shape index (κ1) is 13.9. The van der Waals surface area contributed by atoms with Crippen LogP contribution in [0.2, 0.25) is 0 Å². The van der Waals surface area contributed by atoms with Gasteiger partial charge in [0.25, 0.3) is 11.6 Å². The lowest BCUT2D eigenvalue weighted by Crippen LogP contribution is -2.45. The van der Waals surface area contributed by atoms with E-state index in [-0.39, 0.29) is 24.6 Å². The van der Waals surface area contributed by atoms with Crippen LogP contribution in [0.3, 0.4) is 0 Å². The highest BCUT2D eigenvalue weighted by molar-refractivity contribution is 5.32. The molecule has 6 heteroatoms. The first-order chi connectivity index (χ1) is 8.85. The Kier molecular flexibility index (Phi) is 3.80. The molecule has 1 aliphatic heterocycles. The number of nitro benzene ring substituents is 1. The highest BCUT2D eigenvalue weighted by Crippen LogP contribution is 2.30. The summed E-state index contributed by atoms with van der Waals surface area (Å²) < 4.78 is 26.9. The van der Waals surface area contributed by atoms with E-state index in [9.17, 15) is 18.9 Å². The molecule has 0 radical (unpaired) electrons. The van der Waals surface area contributed by atoms with E-state index in [4.69, 9.17) is 0 Å². The minimum atomic E-state index is -2.64. The van der Waals surface area contributed by atoms with Crippen LogP contribution in [0, 0.1) is 16.0 Å². The number of alkyl halides is 2. The van der Waals surface area contributed by atoms with Crippen LogP contribution in [-0.4, -0.2) is 28.8 Å². The molecule has 0 N–H and O–H groups in total. The van der Waals surface area contributed by atoms with Gasteiger partial charge in [-0.05, 0) is 11.5 Å². The molecule has 0 amide bonds. The topological polar surface area (TPSA) is 46.4 Å². The van der Waals surface area contributed by atoms with Gasteiger partial charge in [-0.2, -0.15) is 0 Å². The van der Waals surface area contributed by atoms with E-state index in [0.29, 0.717) is 13.1 Å². The molecule has 1 heterocycles. The fraction of sp³-hybridized carbons (Fsp3) is 0.538. The van der Waals surface area contributed by atoms with Gasteiger partial charge in [0.2, 0.25) is 0 Å². The molecule has 1 saturated heterocycles. The molecule has 0 saturated carbocycles. The summed E-state index contributed by atoms with van der Waals surface area (Å²) in [6.45, 7) is 2.61. The fourth-order valence-corrected chi connectivity index (χ4v) is 2.57. The van der Waals surface area contributed by atoms with Crippen molar-refractivity contribution >= 4 is 5.69 Å². The average Bonchev–Trinajstić information content (AvgIpc) is 2.26. The molecule has 0 spiro atoms. The molecule has 1 aromatic carbocycles. The molecular weight excluding hydrogens is 254 g/mol. The van der Waals surface area contributed by atoms with Crippen molar-refractivity contribution in [2.24, 2.45) is 5.92 Å². The minimum absolute atomic E-state index is 0.0149. The second-order valence-corrected chi connectivity index (χ2v) is 5.26. The van der Waals surface area contributed by atoms with Crippen LogP contribution in [-0.2, 0) is 6.54 Å². The van der Waals surface area contributed by atoms with Gasteiger partial charge in [0, 0.05) is 31.6 Å². The zero-order valence-electron chi connectivity index (χ0n) is 10.7. The van der Waals surface area contributed by atoms with E-state index >= 15 is 0 Å². The predicted molar refractivity (Wildman–Crippen MR) is 67.1 cm³/mol. The number of hydrogen-bond acceptors (Lipinski definition) is 3. The van der Waals surface area contributed by atoms with Gasteiger partial charge in [0.15, 0.2) is 0 Å². The zero-order valence-corrected chi connectivity index (χ0v) is 10.7. The van der Waals surface area contributed by atoms with Gasteiger partial charge in [-0.1, -0.05) is 19.1 Å². The van der Waals surface area contributed by atoms with E-state index in [1.807, 2.05) is 6.92 Å². The van der Waals surface area contributed by atoms with Crippen LogP contribution >= 0.6 is 0 Å². The maximum Gasteiger partial charge on any atom is 0.269 e. The maximum absolute atomic E-state index is 13.4. The lowest BCUT2D eigenvalue weighted by molar-refractivity contribution is -0.384. The van der Waals surface area contributed by atoms with Gasteiger partial charge >= 0.3 is 0 Å². The third-order valence-corrected chi connectivity index (χ3v) is 3.23. The third-order valence-electron chi connectivity index (χ3n) is 3.23. The van der Waals surface area contributed by atoms with Gasteiger partial charge in [0.1, 0.15) is 0 Å². The molecular formula is C13H16F2N2O2. The Morgan fingerprint density at radius 2 is 2.05 bits per heavy atom. The molecule has 1 atom stereocenters. The number of nitro groups is 1. The van der Waals surface area contributed by atoms with Gasteiger partial charge in [0.05, 0.1) is 11.5 Å². The Labute approximate surface area is 110 Å². The van der Waals surface area contributed by atoms with Crippen molar-refractivity contribution < 1.29 is 13.7 Å². The summed E-state index contributed by atoms with van der Waals surface area (Å²) in [7, 11) is 0. The fourth-order valence-electron chi connectivity index (χ4n) is 2.57. The normalized spacial score (nSPS) is 23.2. The summed E-state index contributed by atoms with van der Waals surface area (Å²) in [5.41, 5.74) is 0.830. The largest absolute Gasteiger partial charge is 0.293 e. The molecule has 1 aliphatic rings. The van der Waals surface area contributed by atoms with E-state index in [1.165, 1.54) is 12.1 Å². The quantitative estimate of drug-likeness (QED) is 0.626. The van der Waals surface area contributed by atoms with Crippen LogP contribution in [0.1, 0.15) is 18.9 Å². The predicted octanol–water partition coefficient (Wildman–Crippen LogP) is 3.07. The Morgan fingerprint density at radius 3 is 2.58 bits per heavy atom. The summed E-state index contributed by atoms with van der Waals surface area (Å²) >= 11 is 0. The van der Waals surface area contributed by atoms with Crippen molar-refractivity contribution in [3.8, 4) is 0 Å². The van der Waals surface area contributed by atoms with Crippen molar-refractivity contribution in [1.82, 2.24) is 4.90 Å². The van der Waals surface area contributed by atoms with E-state index in [2.05, 4.69) is 0 Å². The monoisotopic (exact) mass is 270 g/mol. The van der Waals surface area contributed by atoms with Gasteiger partial charge in [-0.15, -0.1) is 0 Å². The average molecular weight is 270 g/mol. The van der Waals surface area contributed by atoms with Crippen molar-refractivity contribution in [1.29, 1.82) is 0 Å². The van der Waals surface area contributed by atoms with Crippen molar-refractivity contribution in [3.63, 3.8) is 0 Å². The van der Waals surface area contributed by atoms with Crippen molar-refractivity contribution in [3.05, 3.63) is 39.9 Å². The Hall–Kier alpha value is -1.56. The molecule has 0 aliphatic carbocycles. The smallest absolute Gasteiger partial charge is 0.269 e. The summed E-state index contributed by atoms with van der Waals surface area (Å²) in [6, 6.07) is 6.05. The lowest BCUT2D eigenvalue weighted by atomic mass is 9.96. The molecule has 0 bridgehead atoms. The van der Waals surface area contributed by atoms with Crippen LogP contribution in [0.5, 0.6) is 0 Å². The van der Waals surface area contributed by atoms with Crippen molar-refractivity contribution in [2.45, 2.75) is 25.8 Å². The molecule has 1 unspecified atom stereocenters. The number of non-ortho nitro benzene ring substituents is 1. The standard InChI is InChI=1S/C13H16F2N2O2/c1-10-6-13(14,15)9-16(7-10)8-11-2-4-12(5-3-11)17(18)19/h2-5,10H,6-9H2,1H3. The molecule has 0 aromatic heterocycles. The molecule has 2 rings (SSSR count). The Balaban J connectivity index is 2.02. The van der Waals surface area contributed by atoms with E-state index in [0.717, 1.165) is 5.56 Å². The SMILES string of the molecule is CC1CN(Cc2ccc([N+](=O)[O-])cc2)CC(F)(F)C1. The first-order valence-corrected chi connectivity index (χ1v) is 6.19. The zero-order chi connectivity index (χ0) is 14.0. The lowest BCUT2D eigenvalue weighted by Gasteiger charge is -2.36. The number of halogens is 2. The van der Waals surface area contributed by atoms with Gasteiger partial charge in [-0.3, -0.25) is 15.0 Å². The number of benzene rings is 1. The molecule has 1 fully saturated rings. The molecule has 104 valence electrons. The number of nitrogens with zero attached hydrogens (tertiary/aromatic N) is 2. The second kappa shape index (κ2) is 5.21. The van der Waals surface area contributed by atoms with Gasteiger partial charge < -0.3 is 0 Å². The first-order valence-electron chi connectivity index (χ1n) is 6.19. The Morgan fingerprint density at radius 1 is 1.42 bits per heavy atom. The maximum atomic E-state index is 13.4. The number of rotatable bonds is 3. The summed E-state index contributed by atoms with van der Waals surface area (Å²) in [5.74, 6) is -2.68. The van der Waals surface area contributed by atoms with Crippen LogP contribution in [0.25, 0.3) is 0 Å².